The monoisotopic (exact) mass is 296 g/mol. The van der Waals surface area contributed by atoms with Crippen molar-refractivity contribution in [2.75, 3.05) is 0 Å². The lowest BCUT2D eigenvalue weighted by Crippen LogP contribution is -2.21. The Labute approximate surface area is 127 Å². The molecule has 0 aliphatic carbocycles. The van der Waals surface area contributed by atoms with Gasteiger partial charge >= 0.3 is 5.97 Å². The van der Waals surface area contributed by atoms with Crippen LogP contribution in [0.2, 0.25) is 0 Å². The third-order valence-corrected chi connectivity index (χ3v) is 3.70. The molecular weight excluding hydrogens is 272 g/mol. The summed E-state index contributed by atoms with van der Waals surface area (Å²) in [6.45, 7) is 4.28. The van der Waals surface area contributed by atoms with E-state index in [0.717, 1.165) is 44.1 Å². The summed E-state index contributed by atoms with van der Waals surface area (Å²) in [4.78, 5) is 12.0. The van der Waals surface area contributed by atoms with Crippen molar-refractivity contribution >= 4 is 17.6 Å². The van der Waals surface area contributed by atoms with Crippen LogP contribution in [0, 0.1) is 0 Å². The van der Waals surface area contributed by atoms with Crippen LogP contribution in [0.3, 0.4) is 0 Å². The number of hydrogen-bond donors (Lipinski definition) is 0. The first kappa shape index (κ1) is 17.0. The number of aryl methyl sites for hydroxylation is 1. The van der Waals surface area contributed by atoms with Gasteiger partial charge in [0.25, 0.3) is 0 Å². The van der Waals surface area contributed by atoms with E-state index in [1.54, 1.807) is 0 Å². The second-order valence-corrected chi connectivity index (χ2v) is 5.62. The van der Waals surface area contributed by atoms with Gasteiger partial charge in [0, 0.05) is 0 Å². The van der Waals surface area contributed by atoms with Crippen molar-refractivity contribution in [2.24, 2.45) is 0 Å². The van der Waals surface area contributed by atoms with Crippen LogP contribution in [0.25, 0.3) is 0 Å². The first-order valence-electron chi connectivity index (χ1n) is 7.62. The summed E-state index contributed by atoms with van der Waals surface area (Å²) in [6.07, 6.45) is 7.03. The second-order valence-electron chi connectivity index (χ2n) is 5.10. The highest BCUT2D eigenvalue weighted by atomic mass is 35.5. The highest BCUT2D eigenvalue weighted by Crippen LogP contribution is 2.22. The topological polar surface area (TPSA) is 26.3 Å². The Morgan fingerprint density at radius 3 is 2.55 bits per heavy atom. The molecule has 1 aromatic carbocycles. The molecule has 0 N–H and O–H groups in total. The zero-order valence-corrected chi connectivity index (χ0v) is 13.3. The third-order valence-electron chi connectivity index (χ3n) is 3.30. The number of ether oxygens (including phenoxy) is 1. The second kappa shape index (κ2) is 9.82. The molecule has 0 aliphatic heterocycles. The number of unbranched alkanes of at least 4 members (excludes halogenated alkanes) is 3. The molecule has 0 amide bonds. The lowest BCUT2D eigenvalue weighted by molar-refractivity contribution is -0.134. The van der Waals surface area contributed by atoms with Crippen molar-refractivity contribution in [3.05, 3.63) is 29.8 Å². The van der Waals surface area contributed by atoms with Gasteiger partial charge in [-0.1, -0.05) is 57.7 Å². The van der Waals surface area contributed by atoms with Gasteiger partial charge in [0.15, 0.2) is 0 Å². The Morgan fingerprint density at radius 2 is 1.85 bits per heavy atom. The highest BCUT2D eigenvalue weighted by molar-refractivity contribution is 6.30. The molecule has 1 atom stereocenters. The fourth-order valence-electron chi connectivity index (χ4n) is 2.04. The largest absolute Gasteiger partial charge is 0.425 e. The number of para-hydroxylation sites is 1. The zero-order chi connectivity index (χ0) is 14.8. The Kier molecular flexibility index (Phi) is 8.36. The summed E-state index contributed by atoms with van der Waals surface area (Å²) in [5.74, 6) is 0.332. The lowest BCUT2D eigenvalue weighted by atomic mass is 10.1. The minimum atomic E-state index is -0.541. The average molecular weight is 297 g/mol. The molecule has 0 saturated heterocycles. The zero-order valence-electron chi connectivity index (χ0n) is 12.5. The van der Waals surface area contributed by atoms with Crippen LogP contribution in [0.4, 0.5) is 0 Å². The quantitative estimate of drug-likeness (QED) is 0.273. The fourth-order valence-corrected chi connectivity index (χ4v) is 2.24. The van der Waals surface area contributed by atoms with Crippen LogP contribution in [-0.4, -0.2) is 11.3 Å². The summed E-state index contributed by atoms with van der Waals surface area (Å²) < 4.78 is 5.46. The van der Waals surface area contributed by atoms with Crippen molar-refractivity contribution in [2.45, 2.75) is 64.2 Å². The van der Waals surface area contributed by atoms with Gasteiger partial charge in [-0.15, -0.1) is 11.6 Å². The van der Waals surface area contributed by atoms with Gasteiger partial charge in [0.05, 0.1) is 0 Å². The van der Waals surface area contributed by atoms with E-state index in [2.05, 4.69) is 13.8 Å². The maximum Gasteiger partial charge on any atom is 0.329 e. The fraction of sp³-hybridized carbons (Fsp3) is 0.588. The molecule has 2 nitrogen and oxygen atoms in total. The number of hydrogen-bond acceptors (Lipinski definition) is 2. The van der Waals surface area contributed by atoms with Gasteiger partial charge in [-0.05, 0) is 30.9 Å². The van der Waals surface area contributed by atoms with E-state index in [-0.39, 0.29) is 5.97 Å². The molecule has 0 heterocycles. The van der Waals surface area contributed by atoms with Gasteiger partial charge < -0.3 is 4.74 Å². The van der Waals surface area contributed by atoms with Crippen molar-refractivity contribution in [1.82, 2.24) is 0 Å². The first-order valence-corrected chi connectivity index (χ1v) is 8.06. The van der Waals surface area contributed by atoms with Crippen molar-refractivity contribution in [3.8, 4) is 5.75 Å². The van der Waals surface area contributed by atoms with E-state index in [4.69, 9.17) is 16.3 Å². The molecule has 3 heteroatoms. The number of rotatable bonds is 9. The van der Waals surface area contributed by atoms with Crippen LogP contribution in [0.5, 0.6) is 5.75 Å². The molecule has 20 heavy (non-hydrogen) atoms. The maximum absolute atomic E-state index is 12.0. The predicted molar refractivity (Wildman–Crippen MR) is 84.5 cm³/mol. The molecule has 1 unspecified atom stereocenters. The van der Waals surface area contributed by atoms with Crippen molar-refractivity contribution in [1.29, 1.82) is 0 Å². The SMILES string of the molecule is CCCCCC(Cl)C(=O)Oc1ccccc1CCCC. The smallest absolute Gasteiger partial charge is 0.329 e. The van der Waals surface area contributed by atoms with Gasteiger partial charge in [-0.3, -0.25) is 4.79 Å². The Hall–Kier alpha value is -1.02. The molecule has 0 aromatic heterocycles. The van der Waals surface area contributed by atoms with E-state index in [0.29, 0.717) is 12.2 Å². The number of esters is 1. The van der Waals surface area contributed by atoms with E-state index < -0.39 is 5.38 Å². The molecule has 1 aromatic rings. The average Bonchev–Trinajstić information content (AvgIpc) is 2.46. The van der Waals surface area contributed by atoms with Crippen molar-refractivity contribution < 1.29 is 9.53 Å². The van der Waals surface area contributed by atoms with Crippen LogP contribution < -0.4 is 4.74 Å². The van der Waals surface area contributed by atoms with E-state index in [9.17, 15) is 4.79 Å². The van der Waals surface area contributed by atoms with Crippen LogP contribution >= 0.6 is 11.6 Å². The number of benzene rings is 1. The first-order chi connectivity index (χ1) is 9.69. The standard InChI is InChI=1S/C17H25ClO2/c1-3-5-7-12-15(18)17(19)20-16-13-9-8-11-14(16)10-6-4-2/h8-9,11,13,15H,3-7,10,12H2,1-2H3. The normalized spacial score (nSPS) is 12.2. The number of halogens is 1. The number of alkyl halides is 1. The highest BCUT2D eigenvalue weighted by Gasteiger charge is 2.18. The van der Waals surface area contributed by atoms with E-state index >= 15 is 0 Å². The summed E-state index contributed by atoms with van der Waals surface area (Å²) in [5, 5.41) is -0.541. The number of carbonyl (C=O) groups is 1. The molecule has 0 saturated carbocycles. The molecule has 1 rings (SSSR count). The summed E-state index contributed by atoms with van der Waals surface area (Å²) >= 11 is 6.10. The van der Waals surface area contributed by atoms with Gasteiger partial charge in [-0.25, -0.2) is 0 Å². The van der Waals surface area contributed by atoms with Crippen LogP contribution in [0.1, 0.15) is 57.9 Å². The summed E-state index contributed by atoms with van der Waals surface area (Å²) in [7, 11) is 0. The molecule has 0 bridgehead atoms. The minimum Gasteiger partial charge on any atom is -0.425 e. The molecule has 0 spiro atoms. The maximum atomic E-state index is 12.0. The molecule has 0 aliphatic rings. The Bertz CT molecular complexity index is 404. The van der Waals surface area contributed by atoms with Gasteiger partial charge in [0.2, 0.25) is 0 Å². The van der Waals surface area contributed by atoms with Crippen molar-refractivity contribution in [3.63, 3.8) is 0 Å². The van der Waals surface area contributed by atoms with E-state index in [1.807, 2.05) is 24.3 Å². The lowest BCUT2D eigenvalue weighted by Gasteiger charge is -2.12. The third kappa shape index (κ3) is 5.96. The minimum absolute atomic E-state index is 0.327. The molecule has 112 valence electrons. The molecule has 0 fully saturated rings. The van der Waals surface area contributed by atoms with Crippen LogP contribution in [0.15, 0.2) is 24.3 Å². The molecule has 0 radical (unpaired) electrons. The Balaban J connectivity index is 2.56. The van der Waals surface area contributed by atoms with Gasteiger partial charge in [-0.2, -0.15) is 0 Å². The Morgan fingerprint density at radius 1 is 1.15 bits per heavy atom. The predicted octanol–water partition coefficient (Wildman–Crippen LogP) is 5.12. The number of carbonyl (C=O) groups excluding carboxylic acids is 1. The summed E-state index contributed by atoms with van der Waals surface area (Å²) in [5.41, 5.74) is 1.08. The van der Waals surface area contributed by atoms with E-state index in [1.165, 1.54) is 0 Å². The van der Waals surface area contributed by atoms with Crippen LogP contribution in [-0.2, 0) is 11.2 Å². The van der Waals surface area contributed by atoms with Gasteiger partial charge in [0.1, 0.15) is 11.1 Å². The molecular formula is C17H25ClO2. The summed E-state index contributed by atoms with van der Waals surface area (Å²) in [6, 6.07) is 7.72.